The van der Waals surface area contributed by atoms with Gasteiger partial charge >= 0.3 is 4.87 Å². The second-order valence-corrected chi connectivity index (χ2v) is 6.94. The third-order valence-electron chi connectivity index (χ3n) is 4.04. The summed E-state index contributed by atoms with van der Waals surface area (Å²) < 4.78 is 5.56. The van der Waals surface area contributed by atoms with E-state index in [1.54, 1.807) is 12.1 Å². The Labute approximate surface area is 154 Å². The number of hydrogen-bond acceptors (Lipinski definition) is 5. The van der Waals surface area contributed by atoms with E-state index in [0.717, 1.165) is 23.3 Å². The van der Waals surface area contributed by atoms with Crippen molar-refractivity contribution in [1.82, 2.24) is 4.98 Å². The molecular formula is C20H19NO4S. The summed E-state index contributed by atoms with van der Waals surface area (Å²) in [5, 5.41) is 9.63. The number of H-pyrrole nitrogens is 1. The van der Waals surface area contributed by atoms with Crippen LogP contribution >= 0.6 is 11.3 Å². The lowest BCUT2D eigenvalue weighted by Crippen LogP contribution is -2.11. The summed E-state index contributed by atoms with van der Waals surface area (Å²) in [7, 11) is 0. The number of ketones is 1. The largest absolute Gasteiger partial charge is 0.494 e. The van der Waals surface area contributed by atoms with Crippen LogP contribution in [-0.4, -0.2) is 22.5 Å². The van der Waals surface area contributed by atoms with Gasteiger partial charge in [0.2, 0.25) is 5.88 Å². The summed E-state index contributed by atoms with van der Waals surface area (Å²) in [6, 6.07) is 14.8. The van der Waals surface area contributed by atoms with Crippen LogP contribution < -0.4 is 9.61 Å². The molecule has 2 N–H and O–H groups in total. The molecule has 134 valence electrons. The Balaban J connectivity index is 1.57. The third kappa shape index (κ3) is 4.40. The molecule has 2 aromatic carbocycles. The number of aromatic amines is 1. The van der Waals surface area contributed by atoms with Crippen molar-refractivity contribution >= 4 is 17.1 Å². The van der Waals surface area contributed by atoms with E-state index in [1.807, 2.05) is 36.4 Å². The van der Waals surface area contributed by atoms with Crippen LogP contribution in [0.25, 0.3) is 0 Å². The van der Waals surface area contributed by atoms with Crippen molar-refractivity contribution in [2.24, 2.45) is 0 Å². The molecule has 6 heteroatoms. The lowest BCUT2D eigenvalue weighted by molar-refractivity contribution is 0.0921. The first-order valence-corrected chi connectivity index (χ1v) is 9.11. The molecule has 3 rings (SSSR count). The normalized spacial score (nSPS) is 10.7. The predicted octanol–water partition coefficient (Wildman–Crippen LogP) is 3.56. The van der Waals surface area contributed by atoms with E-state index < -0.39 is 0 Å². The van der Waals surface area contributed by atoms with Crippen LogP contribution in [0.1, 0.15) is 33.3 Å². The van der Waals surface area contributed by atoms with Gasteiger partial charge in [-0.1, -0.05) is 54.7 Å². The average Bonchev–Trinajstić information content (AvgIpc) is 2.98. The summed E-state index contributed by atoms with van der Waals surface area (Å²) in [4.78, 5) is 26.1. The second-order valence-electron chi connectivity index (χ2n) is 5.87. The quantitative estimate of drug-likeness (QED) is 0.624. The maximum atomic E-state index is 12.2. The van der Waals surface area contributed by atoms with Gasteiger partial charge in [0.15, 0.2) is 12.4 Å². The van der Waals surface area contributed by atoms with Crippen molar-refractivity contribution < 1.29 is 14.6 Å². The molecule has 0 atom stereocenters. The van der Waals surface area contributed by atoms with Crippen LogP contribution in [0.2, 0.25) is 0 Å². The molecule has 1 aromatic heterocycles. The number of aromatic nitrogens is 1. The topological polar surface area (TPSA) is 79.4 Å². The molecular weight excluding hydrogens is 350 g/mol. The van der Waals surface area contributed by atoms with Crippen molar-refractivity contribution in [2.75, 3.05) is 6.61 Å². The molecule has 0 radical (unpaired) electrons. The fourth-order valence-electron chi connectivity index (χ4n) is 2.52. The van der Waals surface area contributed by atoms with Crippen LogP contribution in [0.15, 0.2) is 53.3 Å². The van der Waals surface area contributed by atoms with Gasteiger partial charge in [0.1, 0.15) is 5.75 Å². The minimum absolute atomic E-state index is 0.0228. The molecule has 3 aromatic rings. The van der Waals surface area contributed by atoms with Crippen LogP contribution in [0.4, 0.5) is 0 Å². The number of benzene rings is 2. The molecule has 0 saturated carbocycles. The van der Waals surface area contributed by atoms with Crippen LogP contribution in [0, 0.1) is 0 Å². The molecule has 0 bridgehead atoms. The standard InChI is InChI=1S/C20H19NO4S/c1-2-13-3-7-15(8-4-13)17(22)12-25-16-9-5-14(6-10-16)11-18-19(23)21-20(24)26-18/h3-10,23H,2,11-12H2,1H3,(H,21,24). The van der Waals surface area contributed by atoms with E-state index in [4.69, 9.17) is 4.74 Å². The van der Waals surface area contributed by atoms with Crippen molar-refractivity contribution in [1.29, 1.82) is 0 Å². The zero-order valence-corrected chi connectivity index (χ0v) is 15.1. The van der Waals surface area contributed by atoms with Gasteiger partial charge in [-0.3, -0.25) is 14.6 Å². The highest BCUT2D eigenvalue weighted by atomic mass is 32.1. The summed E-state index contributed by atoms with van der Waals surface area (Å²) in [6.45, 7) is 2.05. The lowest BCUT2D eigenvalue weighted by atomic mass is 10.1. The first kappa shape index (κ1) is 17.9. The highest BCUT2D eigenvalue weighted by molar-refractivity contribution is 7.09. The smallest absolute Gasteiger partial charge is 0.307 e. The zero-order chi connectivity index (χ0) is 18.5. The molecule has 1 heterocycles. The van der Waals surface area contributed by atoms with E-state index in [9.17, 15) is 14.7 Å². The average molecular weight is 369 g/mol. The Bertz CT molecular complexity index is 939. The van der Waals surface area contributed by atoms with E-state index in [0.29, 0.717) is 22.6 Å². The first-order chi connectivity index (χ1) is 12.5. The summed E-state index contributed by atoms with van der Waals surface area (Å²) in [5.74, 6) is 0.442. The van der Waals surface area contributed by atoms with Gasteiger partial charge in [0, 0.05) is 12.0 Å². The first-order valence-electron chi connectivity index (χ1n) is 8.30. The van der Waals surface area contributed by atoms with Crippen molar-refractivity contribution in [2.45, 2.75) is 19.8 Å². The number of thiazole rings is 1. The van der Waals surface area contributed by atoms with E-state index in [-0.39, 0.29) is 23.1 Å². The maximum Gasteiger partial charge on any atom is 0.307 e. The summed E-state index contributed by atoms with van der Waals surface area (Å²) in [5.41, 5.74) is 2.76. The van der Waals surface area contributed by atoms with E-state index in [2.05, 4.69) is 11.9 Å². The number of aromatic hydroxyl groups is 1. The molecule has 0 spiro atoms. The van der Waals surface area contributed by atoms with E-state index >= 15 is 0 Å². The van der Waals surface area contributed by atoms with Crippen LogP contribution in [-0.2, 0) is 12.8 Å². The van der Waals surface area contributed by atoms with Gasteiger partial charge in [0.25, 0.3) is 0 Å². The summed E-state index contributed by atoms with van der Waals surface area (Å²) in [6.07, 6.45) is 1.40. The lowest BCUT2D eigenvalue weighted by Gasteiger charge is -2.07. The Morgan fingerprint density at radius 3 is 2.31 bits per heavy atom. The van der Waals surface area contributed by atoms with Gasteiger partial charge < -0.3 is 9.84 Å². The Morgan fingerprint density at radius 2 is 1.73 bits per heavy atom. The number of aryl methyl sites for hydroxylation is 1. The van der Waals surface area contributed by atoms with Gasteiger partial charge in [-0.15, -0.1) is 0 Å². The van der Waals surface area contributed by atoms with Crippen LogP contribution in [0.5, 0.6) is 11.6 Å². The summed E-state index contributed by atoms with van der Waals surface area (Å²) >= 11 is 0.991. The molecule has 0 aliphatic carbocycles. The number of nitrogens with one attached hydrogen (secondary N) is 1. The fraction of sp³-hybridized carbons (Fsp3) is 0.200. The highest BCUT2D eigenvalue weighted by Gasteiger charge is 2.09. The number of ether oxygens (including phenoxy) is 1. The second kappa shape index (κ2) is 8.01. The zero-order valence-electron chi connectivity index (χ0n) is 14.3. The third-order valence-corrected chi connectivity index (χ3v) is 4.91. The van der Waals surface area contributed by atoms with Crippen molar-refractivity contribution in [3.8, 4) is 11.6 Å². The minimum atomic E-state index is -0.275. The Hall–Kier alpha value is -2.86. The molecule has 0 saturated heterocycles. The number of rotatable bonds is 7. The van der Waals surface area contributed by atoms with Crippen molar-refractivity contribution in [3.05, 3.63) is 79.8 Å². The molecule has 5 nitrogen and oxygen atoms in total. The maximum absolute atomic E-state index is 12.2. The number of hydrogen-bond donors (Lipinski definition) is 2. The van der Waals surface area contributed by atoms with Gasteiger partial charge in [0.05, 0.1) is 4.88 Å². The Kier molecular flexibility index (Phi) is 5.53. The molecule has 26 heavy (non-hydrogen) atoms. The molecule has 0 fully saturated rings. The Morgan fingerprint density at radius 1 is 1.08 bits per heavy atom. The minimum Gasteiger partial charge on any atom is -0.494 e. The van der Waals surface area contributed by atoms with Crippen molar-refractivity contribution in [3.63, 3.8) is 0 Å². The monoisotopic (exact) mass is 369 g/mol. The van der Waals surface area contributed by atoms with Gasteiger partial charge in [-0.25, -0.2) is 0 Å². The molecule has 0 aliphatic heterocycles. The fourth-order valence-corrected chi connectivity index (χ4v) is 3.28. The molecule has 0 aliphatic rings. The van der Waals surface area contributed by atoms with Crippen LogP contribution in [0.3, 0.4) is 0 Å². The predicted molar refractivity (Wildman–Crippen MR) is 101 cm³/mol. The van der Waals surface area contributed by atoms with Gasteiger partial charge in [-0.2, -0.15) is 0 Å². The number of carbonyl (C=O) groups excluding carboxylic acids is 1. The SMILES string of the molecule is CCc1ccc(C(=O)COc2ccc(Cc3sc(=O)[nH]c3O)cc2)cc1. The number of Topliss-reactive ketones (excluding diaryl/α,β-unsaturated/α-hetero) is 1. The molecule has 0 amide bonds. The van der Waals surface area contributed by atoms with Gasteiger partial charge in [-0.05, 0) is 29.7 Å². The number of carbonyl (C=O) groups is 1. The van der Waals surface area contributed by atoms with E-state index in [1.165, 1.54) is 5.56 Å². The molecule has 0 unspecified atom stereocenters. The highest BCUT2D eigenvalue weighted by Crippen LogP contribution is 2.21.